The average molecular weight is 338 g/mol. The van der Waals surface area contributed by atoms with E-state index in [-0.39, 0.29) is 30.0 Å². The predicted octanol–water partition coefficient (Wildman–Crippen LogP) is 1.02. The van der Waals surface area contributed by atoms with Gasteiger partial charge in [-0.1, -0.05) is 13.8 Å². The molecule has 24 heavy (non-hydrogen) atoms. The van der Waals surface area contributed by atoms with Crippen LogP contribution in [0.5, 0.6) is 0 Å². The van der Waals surface area contributed by atoms with Gasteiger partial charge in [0.2, 0.25) is 0 Å². The molecular formula is C19H30O5. The Labute approximate surface area is 143 Å². The second-order valence-corrected chi connectivity index (χ2v) is 9.44. The fourth-order valence-electron chi connectivity index (χ4n) is 7.16. The van der Waals surface area contributed by atoms with Crippen molar-refractivity contribution in [3.63, 3.8) is 0 Å². The summed E-state index contributed by atoms with van der Waals surface area (Å²) in [7, 11) is 0. The molecular weight excluding hydrogens is 308 g/mol. The standard InChI is InChI=1S/C19H30O5/c1-17-9-13(21)16-11(12(17)3-4-14(17)22)7-15(23)19(24)8-10(20)5-6-18(16,19)2/h10-13,15-16,20-21,23-24H,3-9H2,1-2H3. The van der Waals surface area contributed by atoms with Crippen LogP contribution in [0.3, 0.4) is 0 Å². The van der Waals surface area contributed by atoms with E-state index in [0.29, 0.717) is 32.1 Å². The fourth-order valence-corrected chi connectivity index (χ4v) is 7.16. The number of hydrogen-bond donors (Lipinski definition) is 4. The first-order valence-electron chi connectivity index (χ1n) is 9.43. The number of aliphatic hydroxyl groups excluding tert-OH is 3. The molecule has 0 radical (unpaired) electrons. The molecule has 0 aliphatic heterocycles. The number of rotatable bonds is 0. The van der Waals surface area contributed by atoms with E-state index in [1.54, 1.807) is 0 Å². The zero-order valence-corrected chi connectivity index (χ0v) is 14.6. The van der Waals surface area contributed by atoms with E-state index in [9.17, 15) is 25.2 Å². The highest BCUT2D eigenvalue weighted by molar-refractivity contribution is 5.87. The topological polar surface area (TPSA) is 98.0 Å². The van der Waals surface area contributed by atoms with Gasteiger partial charge in [-0.2, -0.15) is 0 Å². The number of carbonyl (C=O) groups is 1. The molecule has 4 aliphatic carbocycles. The van der Waals surface area contributed by atoms with Crippen molar-refractivity contribution in [2.24, 2.45) is 28.6 Å². The maximum Gasteiger partial charge on any atom is 0.139 e. The Morgan fingerprint density at radius 2 is 1.79 bits per heavy atom. The first kappa shape index (κ1) is 17.0. The summed E-state index contributed by atoms with van der Waals surface area (Å²) in [6, 6.07) is 0. The number of hydrogen-bond acceptors (Lipinski definition) is 5. The van der Waals surface area contributed by atoms with Crippen molar-refractivity contribution < 1.29 is 25.2 Å². The van der Waals surface area contributed by atoms with Crippen molar-refractivity contribution >= 4 is 5.78 Å². The molecule has 5 heteroatoms. The Balaban J connectivity index is 1.77. The molecule has 0 aromatic carbocycles. The molecule has 136 valence electrons. The van der Waals surface area contributed by atoms with Crippen LogP contribution in [0.15, 0.2) is 0 Å². The van der Waals surface area contributed by atoms with E-state index < -0.39 is 34.7 Å². The first-order valence-corrected chi connectivity index (χ1v) is 9.43. The summed E-state index contributed by atoms with van der Waals surface area (Å²) < 4.78 is 0. The van der Waals surface area contributed by atoms with E-state index >= 15 is 0 Å². The number of Topliss-reactive ketones (excluding diaryl/α,β-unsaturated/α-hetero) is 1. The van der Waals surface area contributed by atoms with Crippen LogP contribution in [-0.4, -0.2) is 50.1 Å². The monoisotopic (exact) mass is 338 g/mol. The molecule has 4 rings (SSSR count). The van der Waals surface area contributed by atoms with E-state index in [0.717, 1.165) is 6.42 Å². The third kappa shape index (κ3) is 1.87. The van der Waals surface area contributed by atoms with Gasteiger partial charge in [0.05, 0.1) is 23.9 Å². The highest BCUT2D eigenvalue weighted by Crippen LogP contribution is 2.66. The van der Waals surface area contributed by atoms with Gasteiger partial charge < -0.3 is 20.4 Å². The molecule has 9 atom stereocenters. The fraction of sp³-hybridized carbons (Fsp3) is 0.947. The molecule has 0 aromatic rings. The minimum Gasteiger partial charge on any atom is -0.393 e. The lowest BCUT2D eigenvalue weighted by molar-refractivity contribution is -0.279. The van der Waals surface area contributed by atoms with Crippen molar-refractivity contribution in [1.29, 1.82) is 0 Å². The number of carbonyl (C=O) groups excluding carboxylic acids is 1. The third-order valence-corrected chi connectivity index (χ3v) is 8.48. The van der Waals surface area contributed by atoms with Crippen LogP contribution in [0, 0.1) is 28.6 Å². The second kappa shape index (κ2) is 5.03. The maximum absolute atomic E-state index is 12.4. The molecule has 0 amide bonds. The molecule has 4 saturated carbocycles. The molecule has 4 N–H and O–H groups in total. The maximum atomic E-state index is 12.4. The minimum atomic E-state index is -1.36. The van der Waals surface area contributed by atoms with E-state index in [2.05, 4.69) is 0 Å². The van der Waals surface area contributed by atoms with Crippen LogP contribution in [0.1, 0.15) is 58.8 Å². The van der Waals surface area contributed by atoms with Crippen LogP contribution in [0.2, 0.25) is 0 Å². The predicted molar refractivity (Wildman–Crippen MR) is 87.0 cm³/mol. The molecule has 0 saturated heterocycles. The van der Waals surface area contributed by atoms with Gasteiger partial charge in [0.1, 0.15) is 5.78 Å². The zero-order valence-electron chi connectivity index (χ0n) is 14.6. The summed E-state index contributed by atoms with van der Waals surface area (Å²) in [4.78, 5) is 12.4. The Kier molecular flexibility index (Phi) is 3.55. The van der Waals surface area contributed by atoms with Crippen LogP contribution >= 0.6 is 0 Å². The summed E-state index contributed by atoms with van der Waals surface area (Å²) in [5, 5.41) is 43.2. The Hall–Kier alpha value is -0.490. The quantitative estimate of drug-likeness (QED) is 0.529. The van der Waals surface area contributed by atoms with Crippen molar-refractivity contribution in [1.82, 2.24) is 0 Å². The molecule has 0 aromatic heterocycles. The van der Waals surface area contributed by atoms with Crippen LogP contribution < -0.4 is 0 Å². The molecule has 0 heterocycles. The SMILES string of the molecule is CC12CC(O)C3C(CC(O)C4(O)CC(O)CCC34C)C1CCC2=O. The number of aliphatic hydroxyl groups is 4. The summed E-state index contributed by atoms with van der Waals surface area (Å²) in [6.07, 6.45) is 1.45. The minimum absolute atomic E-state index is 0.0562. The van der Waals surface area contributed by atoms with Gasteiger partial charge in [-0.25, -0.2) is 0 Å². The Bertz CT molecular complexity index is 564. The van der Waals surface area contributed by atoms with Crippen LogP contribution in [-0.2, 0) is 4.79 Å². The van der Waals surface area contributed by atoms with E-state index in [1.165, 1.54) is 0 Å². The van der Waals surface area contributed by atoms with Gasteiger partial charge in [-0.15, -0.1) is 0 Å². The molecule has 0 spiro atoms. The zero-order chi connectivity index (χ0) is 17.5. The normalized spacial score (nSPS) is 60.3. The largest absolute Gasteiger partial charge is 0.393 e. The highest BCUT2D eigenvalue weighted by Gasteiger charge is 2.69. The van der Waals surface area contributed by atoms with Gasteiger partial charge in [-0.3, -0.25) is 4.79 Å². The highest BCUT2D eigenvalue weighted by atomic mass is 16.3. The van der Waals surface area contributed by atoms with E-state index in [4.69, 9.17) is 0 Å². The van der Waals surface area contributed by atoms with Crippen molar-refractivity contribution in [3.8, 4) is 0 Å². The Morgan fingerprint density at radius 1 is 1.08 bits per heavy atom. The molecule has 9 unspecified atom stereocenters. The van der Waals surface area contributed by atoms with Gasteiger partial charge in [0.25, 0.3) is 0 Å². The van der Waals surface area contributed by atoms with Crippen molar-refractivity contribution in [2.45, 2.75) is 82.7 Å². The first-order chi connectivity index (χ1) is 11.1. The van der Waals surface area contributed by atoms with Gasteiger partial charge in [0.15, 0.2) is 0 Å². The summed E-state index contributed by atoms with van der Waals surface area (Å²) in [5.74, 6) is 0.355. The van der Waals surface area contributed by atoms with Gasteiger partial charge in [-0.05, 0) is 49.9 Å². The van der Waals surface area contributed by atoms with Gasteiger partial charge in [0, 0.05) is 23.7 Å². The lowest BCUT2D eigenvalue weighted by atomic mass is 9.42. The number of fused-ring (bicyclic) bond motifs is 5. The third-order valence-electron chi connectivity index (χ3n) is 8.48. The lowest BCUT2D eigenvalue weighted by Crippen LogP contribution is -2.71. The van der Waals surface area contributed by atoms with Crippen molar-refractivity contribution in [3.05, 3.63) is 0 Å². The molecule has 5 nitrogen and oxygen atoms in total. The van der Waals surface area contributed by atoms with E-state index in [1.807, 2.05) is 13.8 Å². The number of ketones is 1. The lowest BCUT2D eigenvalue weighted by Gasteiger charge is -2.65. The van der Waals surface area contributed by atoms with Crippen LogP contribution in [0.25, 0.3) is 0 Å². The summed E-state index contributed by atoms with van der Waals surface area (Å²) in [5.41, 5.74) is -2.47. The molecule has 4 fully saturated rings. The average Bonchev–Trinajstić information content (AvgIpc) is 2.78. The summed E-state index contributed by atoms with van der Waals surface area (Å²) >= 11 is 0. The summed E-state index contributed by atoms with van der Waals surface area (Å²) in [6.45, 7) is 3.95. The molecule has 0 bridgehead atoms. The molecule has 4 aliphatic rings. The van der Waals surface area contributed by atoms with Crippen molar-refractivity contribution in [2.75, 3.05) is 0 Å². The van der Waals surface area contributed by atoms with Crippen LogP contribution in [0.4, 0.5) is 0 Å². The second-order valence-electron chi connectivity index (χ2n) is 9.44. The van der Waals surface area contributed by atoms with Gasteiger partial charge >= 0.3 is 0 Å². The Morgan fingerprint density at radius 3 is 2.50 bits per heavy atom. The smallest absolute Gasteiger partial charge is 0.139 e.